The number of halogens is 2. The summed E-state index contributed by atoms with van der Waals surface area (Å²) in [5, 5.41) is 2.73. The van der Waals surface area contributed by atoms with Crippen LogP contribution in [0.5, 0.6) is 17.2 Å². The summed E-state index contributed by atoms with van der Waals surface area (Å²) >= 11 is 3.22. The second-order valence-corrected chi connectivity index (χ2v) is 7.26. The van der Waals surface area contributed by atoms with Gasteiger partial charge in [-0.05, 0) is 34.1 Å². The number of ether oxygens (including phenoxy) is 3. The van der Waals surface area contributed by atoms with Gasteiger partial charge in [0.15, 0.2) is 11.5 Å². The summed E-state index contributed by atoms with van der Waals surface area (Å²) in [7, 11) is 4.47. The van der Waals surface area contributed by atoms with Gasteiger partial charge in [0.2, 0.25) is 17.6 Å². The molecule has 2 aromatic rings. The van der Waals surface area contributed by atoms with Crippen LogP contribution in [0.15, 0.2) is 34.8 Å². The molecule has 1 fully saturated rings. The Bertz CT molecular complexity index is 927. The number of hydrogen-bond donors (Lipinski definition) is 1. The summed E-state index contributed by atoms with van der Waals surface area (Å²) in [4.78, 5) is 26.7. The Hall–Kier alpha value is -2.81. The van der Waals surface area contributed by atoms with Crippen molar-refractivity contribution in [3.8, 4) is 17.2 Å². The number of carbonyl (C=O) groups excluding carboxylic acids is 2. The predicted octanol–water partition coefficient (Wildman–Crippen LogP) is 3.61. The van der Waals surface area contributed by atoms with Crippen molar-refractivity contribution in [1.29, 1.82) is 0 Å². The first-order valence-electron chi connectivity index (χ1n) is 8.74. The summed E-state index contributed by atoms with van der Waals surface area (Å²) in [5.74, 6) is -0.243. The quantitative estimate of drug-likeness (QED) is 0.703. The first kappa shape index (κ1) is 20.9. The first-order valence-corrected chi connectivity index (χ1v) is 9.53. The van der Waals surface area contributed by atoms with Crippen LogP contribution in [-0.4, -0.2) is 39.7 Å². The van der Waals surface area contributed by atoms with Gasteiger partial charge in [-0.1, -0.05) is 0 Å². The minimum absolute atomic E-state index is 0.0569. The second kappa shape index (κ2) is 8.69. The maximum atomic E-state index is 13.2. The molecule has 1 aliphatic heterocycles. The molecule has 154 valence electrons. The lowest BCUT2D eigenvalue weighted by Crippen LogP contribution is -2.28. The van der Waals surface area contributed by atoms with Crippen LogP contribution in [0.1, 0.15) is 6.42 Å². The van der Waals surface area contributed by atoms with E-state index in [2.05, 4.69) is 21.2 Å². The van der Waals surface area contributed by atoms with Crippen LogP contribution in [0.4, 0.5) is 15.8 Å². The van der Waals surface area contributed by atoms with Crippen molar-refractivity contribution >= 4 is 39.1 Å². The molecule has 9 heteroatoms. The highest BCUT2D eigenvalue weighted by atomic mass is 79.9. The number of methoxy groups -OCH3 is 3. The largest absolute Gasteiger partial charge is 0.493 e. The van der Waals surface area contributed by atoms with Crippen LogP contribution in [0.3, 0.4) is 0 Å². The number of hydrogen-bond acceptors (Lipinski definition) is 5. The number of nitrogens with one attached hydrogen (secondary N) is 1. The molecular weight excluding hydrogens is 447 g/mol. The van der Waals surface area contributed by atoms with Crippen LogP contribution in [0.25, 0.3) is 0 Å². The highest BCUT2D eigenvalue weighted by Gasteiger charge is 2.36. The van der Waals surface area contributed by atoms with Crippen molar-refractivity contribution < 1.29 is 28.2 Å². The summed E-state index contributed by atoms with van der Waals surface area (Å²) < 4.78 is 29.6. The fraction of sp³-hybridized carbons (Fsp3) is 0.300. The molecule has 0 bridgehead atoms. The van der Waals surface area contributed by atoms with Gasteiger partial charge in [0, 0.05) is 29.6 Å². The molecule has 1 aliphatic rings. The Labute approximate surface area is 175 Å². The van der Waals surface area contributed by atoms with Crippen LogP contribution >= 0.6 is 15.9 Å². The lowest BCUT2D eigenvalue weighted by Gasteiger charge is -2.20. The van der Waals surface area contributed by atoms with Gasteiger partial charge in [-0.2, -0.15) is 0 Å². The van der Waals surface area contributed by atoms with Crippen molar-refractivity contribution in [2.45, 2.75) is 6.42 Å². The minimum Gasteiger partial charge on any atom is -0.493 e. The number of benzene rings is 2. The first-order chi connectivity index (χ1) is 13.9. The van der Waals surface area contributed by atoms with E-state index in [4.69, 9.17) is 14.2 Å². The molecule has 1 N–H and O–H groups in total. The van der Waals surface area contributed by atoms with Gasteiger partial charge >= 0.3 is 0 Å². The molecule has 1 heterocycles. The van der Waals surface area contributed by atoms with E-state index in [1.807, 2.05) is 0 Å². The number of carbonyl (C=O) groups is 2. The third kappa shape index (κ3) is 4.29. The maximum absolute atomic E-state index is 13.2. The number of rotatable bonds is 6. The summed E-state index contributed by atoms with van der Waals surface area (Å²) in [6, 6.07) is 7.30. The third-order valence-corrected chi connectivity index (χ3v) is 5.30. The molecule has 0 radical (unpaired) electrons. The second-order valence-electron chi connectivity index (χ2n) is 6.40. The highest BCUT2D eigenvalue weighted by molar-refractivity contribution is 9.10. The van der Waals surface area contributed by atoms with Crippen molar-refractivity contribution in [3.63, 3.8) is 0 Å². The van der Waals surface area contributed by atoms with Gasteiger partial charge in [-0.3, -0.25) is 9.59 Å². The standard InChI is InChI=1S/C20H20BrFN2O5/c1-27-16-8-13(9-17(28-2)19(16)29-3)24-10-11(6-18(24)25)20(26)23-15-5-4-12(22)7-14(15)21/h4-5,7-9,11H,6,10H2,1-3H3,(H,23,26). The Balaban J connectivity index is 1.80. The summed E-state index contributed by atoms with van der Waals surface area (Å²) in [6.07, 6.45) is 0.0569. The van der Waals surface area contributed by atoms with Crippen molar-refractivity contribution in [1.82, 2.24) is 0 Å². The molecule has 2 aromatic carbocycles. The average Bonchev–Trinajstić information content (AvgIpc) is 3.10. The van der Waals surface area contributed by atoms with Crippen molar-refractivity contribution in [2.24, 2.45) is 5.92 Å². The molecule has 0 aliphatic carbocycles. The Kier molecular flexibility index (Phi) is 6.26. The predicted molar refractivity (Wildman–Crippen MR) is 109 cm³/mol. The molecule has 3 rings (SSSR count). The fourth-order valence-corrected chi connectivity index (χ4v) is 3.63. The van der Waals surface area contributed by atoms with E-state index in [0.717, 1.165) is 0 Å². The molecule has 0 aromatic heterocycles. The molecule has 1 atom stereocenters. The van der Waals surface area contributed by atoms with Crippen LogP contribution in [0, 0.1) is 11.7 Å². The Morgan fingerprint density at radius 3 is 2.34 bits per heavy atom. The molecule has 7 nitrogen and oxygen atoms in total. The molecule has 0 saturated carbocycles. The Morgan fingerprint density at radius 2 is 1.79 bits per heavy atom. The topological polar surface area (TPSA) is 77.1 Å². The van der Waals surface area contributed by atoms with Gasteiger partial charge in [-0.15, -0.1) is 0 Å². The van der Waals surface area contributed by atoms with E-state index >= 15 is 0 Å². The zero-order valence-corrected chi connectivity index (χ0v) is 17.7. The fourth-order valence-electron chi connectivity index (χ4n) is 3.18. The van der Waals surface area contributed by atoms with Gasteiger partial charge < -0.3 is 24.4 Å². The van der Waals surface area contributed by atoms with Crippen LogP contribution < -0.4 is 24.4 Å². The minimum atomic E-state index is -0.557. The van der Waals surface area contributed by atoms with E-state index in [1.165, 1.54) is 44.4 Å². The van der Waals surface area contributed by atoms with Crippen molar-refractivity contribution in [2.75, 3.05) is 38.1 Å². The lowest BCUT2D eigenvalue weighted by atomic mass is 10.1. The zero-order valence-electron chi connectivity index (χ0n) is 16.1. The SMILES string of the molecule is COc1cc(N2CC(C(=O)Nc3ccc(F)cc3Br)CC2=O)cc(OC)c1OC. The molecule has 29 heavy (non-hydrogen) atoms. The monoisotopic (exact) mass is 466 g/mol. The average molecular weight is 467 g/mol. The summed E-state index contributed by atoms with van der Waals surface area (Å²) in [5.41, 5.74) is 0.984. The van der Waals surface area contributed by atoms with Gasteiger partial charge in [0.05, 0.1) is 38.6 Å². The van der Waals surface area contributed by atoms with Crippen molar-refractivity contribution in [3.05, 3.63) is 40.6 Å². The normalized spacial score (nSPS) is 16.0. The third-order valence-electron chi connectivity index (χ3n) is 4.65. The zero-order chi connectivity index (χ0) is 21.1. The molecule has 1 unspecified atom stereocenters. The van der Waals surface area contributed by atoms with E-state index in [-0.39, 0.29) is 24.8 Å². The van der Waals surface area contributed by atoms with Crippen LogP contribution in [0.2, 0.25) is 0 Å². The summed E-state index contributed by atoms with van der Waals surface area (Å²) in [6.45, 7) is 0.197. The highest BCUT2D eigenvalue weighted by Crippen LogP contribution is 2.42. The van der Waals surface area contributed by atoms with E-state index in [1.54, 1.807) is 12.1 Å². The lowest BCUT2D eigenvalue weighted by molar-refractivity contribution is -0.122. The van der Waals surface area contributed by atoms with E-state index in [9.17, 15) is 14.0 Å². The molecular formula is C20H20BrFN2O5. The van der Waals surface area contributed by atoms with Gasteiger partial charge in [-0.25, -0.2) is 4.39 Å². The van der Waals surface area contributed by atoms with E-state index in [0.29, 0.717) is 33.1 Å². The van der Waals surface area contributed by atoms with Crippen LogP contribution in [-0.2, 0) is 9.59 Å². The molecule has 1 saturated heterocycles. The number of amides is 2. The van der Waals surface area contributed by atoms with Gasteiger partial charge in [0.25, 0.3) is 0 Å². The smallest absolute Gasteiger partial charge is 0.229 e. The molecule has 2 amide bonds. The molecule has 0 spiro atoms. The Morgan fingerprint density at radius 1 is 1.14 bits per heavy atom. The van der Waals surface area contributed by atoms with Gasteiger partial charge in [0.1, 0.15) is 5.82 Å². The number of nitrogens with zero attached hydrogens (tertiary/aromatic N) is 1. The van der Waals surface area contributed by atoms with E-state index < -0.39 is 11.7 Å². The maximum Gasteiger partial charge on any atom is 0.229 e. The number of anilines is 2.